The highest BCUT2D eigenvalue weighted by molar-refractivity contribution is 5.99. The molecule has 0 radical (unpaired) electrons. The summed E-state index contributed by atoms with van der Waals surface area (Å²) in [5.41, 5.74) is -0.417. The molecule has 3 fully saturated rings. The number of ether oxygens (including phenoxy) is 2. The van der Waals surface area contributed by atoms with E-state index in [1.165, 1.54) is 4.90 Å². The van der Waals surface area contributed by atoms with E-state index in [1.54, 1.807) is 17.1 Å². The molecule has 1 spiro atoms. The lowest BCUT2D eigenvalue weighted by Gasteiger charge is -2.39. The Morgan fingerprint density at radius 3 is 2.61 bits per heavy atom. The Hall–Kier alpha value is -3.50. The summed E-state index contributed by atoms with van der Waals surface area (Å²) in [5.74, 6) is -3.07. The molecular formula is C34H47N3O7. The number of benzene rings is 1. The molecule has 3 saturated heterocycles. The number of nitrogens with zero attached hydrogens (tertiary/aromatic N) is 2. The highest BCUT2D eigenvalue weighted by Gasteiger charge is 2.75. The van der Waals surface area contributed by atoms with Gasteiger partial charge in [-0.2, -0.15) is 0 Å². The molecule has 4 rings (SSSR count). The molecule has 44 heavy (non-hydrogen) atoms. The Bertz CT molecular complexity index is 1200. The van der Waals surface area contributed by atoms with Gasteiger partial charge in [0.2, 0.25) is 17.7 Å². The molecule has 0 aromatic heterocycles. The number of nitrogens with one attached hydrogen (secondary N) is 1. The minimum Gasteiger partial charge on any atom is -0.463 e. The van der Waals surface area contributed by atoms with Crippen molar-refractivity contribution in [1.82, 2.24) is 15.1 Å². The second-order valence-electron chi connectivity index (χ2n) is 12.0. The van der Waals surface area contributed by atoms with Crippen LogP contribution in [0.15, 0.2) is 55.6 Å². The van der Waals surface area contributed by atoms with Crippen molar-refractivity contribution in [2.24, 2.45) is 11.8 Å². The minimum atomic E-state index is -1.17. The van der Waals surface area contributed by atoms with Crippen LogP contribution < -0.4 is 5.32 Å². The van der Waals surface area contributed by atoms with Crippen molar-refractivity contribution in [3.05, 3.63) is 61.2 Å². The molecule has 0 aliphatic carbocycles. The highest BCUT2D eigenvalue weighted by Crippen LogP contribution is 2.59. The Morgan fingerprint density at radius 1 is 1.23 bits per heavy atom. The fraction of sp³-hybridized carbons (Fsp3) is 0.588. The monoisotopic (exact) mass is 609 g/mol. The van der Waals surface area contributed by atoms with Crippen LogP contribution in [0, 0.1) is 11.8 Å². The summed E-state index contributed by atoms with van der Waals surface area (Å²) in [6.07, 6.45) is 6.57. The summed E-state index contributed by atoms with van der Waals surface area (Å²) in [6, 6.07) is 7.04. The van der Waals surface area contributed by atoms with Gasteiger partial charge in [-0.1, -0.05) is 62.8 Å². The zero-order chi connectivity index (χ0) is 31.9. The summed E-state index contributed by atoms with van der Waals surface area (Å²) in [4.78, 5) is 58.2. The van der Waals surface area contributed by atoms with Crippen molar-refractivity contribution in [3.8, 4) is 0 Å². The molecule has 3 aliphatic rings. The molecule has 2 N–H and O–H groups in total. The van der Waals surface area contributed by atoms with Gasteiger partial charge in [0.15, 0.2) is 0 Å². The third-order valence-electron chi connectivity index (χ3n) is 9.27. The van der Waals surface area contributed by atoms with Gasteiger partial charge in [-0.25, -0.2) is 0 Å². The second kappa shape index (κ2) is 15.0. The quantitative estimate of drug-likeness (QED) is 0.205. The van der Waals surface area contributed by atoms with Crippen molar-refractivity contribution in [2.45, 2.75) is 88.6 Å². The van der Waals surface area contributed by atoms with Crippen molar-refractivity contribution >= 4 is 23.7 Å². The molecule has 0 saturated carbocycles. The second-order valence-corrected chi connectivity index (χ2v) is 12.0. The van der Waals surface area contributed by atoms with E-state index in [0.717, 1.165) is 18.4 Å². The first-order valence-electron chi connectivity index (χ1n) is 15.9. The van der Waals surface area contributed by atoms with Crippen molar-refractivity contribution in [1.29, 1.82) is 0 Å². The van der Waals surface area contributed by atoms with E-state index >= 15 is 0 Å². The lowest BCUT2D eigenvalue weighted by molar-refractivity contribution is -0.151. The number of esters is 1. The fourth-order valence-corrected chi connectivity index (χ4v) is 7.09. The molecule has 10 nitrogen and oxygen atoms in total. The number of allylic oxidation sites excluding steroid dienone is 1. The number of aliphatic hydroxyl groups is 1. The SMILES string of the molecule is C=CCCC(=O)OC[C@@H](NC(=O)[C@@H]1[C@H]2C(=O)N([C@@H](CC)CO)[C@H](C(=O)N(CC=C)CCCC)[C@]23CC[C@H]1O3)c1ccccc1. The lowest BCUT2D eigenvalue weighted by atomic mass is 9.70. The van der Waals surface area contributed by atoms with Crippen LogP contribution in [-0.2, 0) is 28.7 Å². The largest absolute Gasteiger partial charge is 0.463 e. The van der Waals surface area contributed by atoms with Crippen LogP contribution in [-0.4, -0.2) is 88.7 Å². The van der Waals surface area contributed by atoms with Gasteiger partial charge in [0, 0.05) is 19.5 Å². The van der Waals surface area contributed by atoms with Gasteiger partial charge in [-0.15, -0.1) is 13.2 Å². The van der Waals surface area contributed by atoms with Crippen molar-refractivity contribution in [2.75, 3.05) is 26.3 Å². The van der Waals surface area contributed by atoms with Gasteiger partial charge in [-0.05, 0) is 37.7 Å². The molecule has 7 atom stereocenters. The maximum absolute atomic E-state index is 14.3. The molecule has 3 aliphatic heterocycles. The first-order valence-corrected chi connectivity index (χ1v) is 15.9. The number of amides is 3. The van der Waals surface area contributed by atoms with Crippen LogP contribution in [0.1, 0.15) is 70.4 Å². The summed E-state index contributed by atoms with van der Waals surface area (Å²) in [7, 11) is 0. The predicted octanol–water partition coefficient (Wildman–Crippen LogP) is 3.31. The molecular weight excluding hydrogens is 562 g/mol. The number of likely N-dealkylation sites (tertiary alicyclic amines) is 1. The van der Waals surface area contributed by atoms with Crippen LogP contribution >= 0.6 is 0 Å². The van der Waals surface area contributed by atoms with Crippen LogP contribution in [0.4, 0.5) is 0 Å². The molecule has 0 unspecified atom stereocenters. The minimum absolute atomic E-state index is 0.0721. The normalized spacial score (nSPS) is 26.5. The molecule has 240 valence electrons. The zero-order valence-electron chi connectivity index (χ0n) is 26.0. The van der Waals surface area contributed by atoms with Crippen LogP contribution in [0.2, 0.25) is 0 Å². The van der Waals surface area contributed by atoms with Gasteiger partial charge < -0.3 is 29.7 Å². The van der Waals surface area contributed by atoms with Crippen LogP contribution in [0.5, 0.6) is 0 Å². The highest BCUT2D eigenvalue weighted by atomic mass is 16.5. The fourth-order valence-electron chi connectivity index (χ4n) is 7.09. The topological polar surface area (TPSA) is 125 Å². The van der Waals surface area contributed by atoms with Crippen LogP contribution in [0.25, 0.3) is 0 Å². The standard InChI is InChI=1S/C34H47N3O7/c1-5-9-16-27(39)43-22-25(23-14-12-11-13-15-23)35-31(40)28-26-17-18-34(44-26)29(28)32(41)37(24(8-4)21-38)30(34)33(42)36(19-7-3)20-10-6-2/h5,7,11-15,24-26,28-30,38H,1,3,6,8-10,16-22H2,2,4H3,(H,35,40)/t24-,25+,26+,28-,29-,30+,34-/m0/s1. The van der Waals surface area contributed by atoms with E-state index in [0.29, 0.717) is 38.8 Å². The third kappa shape index (κ3) is 6.47. The van der Waals surface area contributed by atoms with Crippen molar-refractivity contribution < 1.29 is 33.8 Å². The number of unbranched alkanes of at least 4 members (excludes halogenated alkanes) is 1. The molecule has 10 heteroatoms. The third-order valence-corrected chi connectivity index (χ3v) is 9.27. The number of fused-ring (bicyclic) bond motifs is 1. The first kappa shape index (κ1) is 33.4. The Balaban J connectivity index is 1.65. The van der Waals surface area contributed by atoms with Crippen molar-refractivity contribution in [3.63, 3.8) is 0 Å². The zero-order valence-corrected chi connectivity index (χ0v) is 26.0. The Labute approximate surface area is 260 Å². The summed E-state index contributed by atoms with van der Waals surface area (Å²) < 4.78 is 12.1. The average molecular weight is 610 g/mol. The number of rotatable bonds is 17. The van der Waals surface area contributed by atoms with E-state index in [9.17, 15) is 24.3 Å². The summed E-state index contributed by atoms with van der Waals surface area (Å²) in [6.45, 7) is 11.8. The Morgan fingerprint density at radius 2 is 1.98 bits per heavy atom. The van der Waals surface area contributed by atoms with E-state index in [-0.39, 0.29) is 37.4 Å². The van der Waals surface area contributed by atoms with Gasteiger partial charge >= 0.3 is 5.97 Å². The molecule has 3 amide bonds. The van der Waals surface area contributed by atoms with Gasteiger partial charge in [0.05, 0.1) is 36.6 Å². The number of carbonyl (C=O) groups excluding carboxylic acids is 4. The lowest BCUT2D eigenvalue weighted by Crippen LogP contribution is -2.58. The number of hydrogen-bond donors (Lipinski definition) is 2. The maximum atomic E-state index is 14.3. The Kier molecular flexibility index (Phi) is 11.4. The van der Waals surface area contributed by atoms with Gasteiger partial charge in [0.25, 0.3) is 0 Å². The molecule has 2 bridgehead atoms. The molecule has 3 heterocycles. The smallest absolute Gasteiger partial charge is 0.306 e. The van der Waals surface area contributed by atoms with E-state index in [1.807, 2.05) is 44.2 Å². The summed E-state index contributed by atoms with van der Waals surface area (Å²) in [5, 5.41) is 13.3. The summed E-state index contributed by atoms with van der Waals surface area (Å²) >= 11 is 0. The number of hydrogen-bond acceptors (Lipinski definition) is 7. The molecule has 1 aromatic carbocycles. The van der Waals surface area contributed by atoms with E-state index < -0.39 is 47.6 Å². The van der Waals surface area contributed by atoms with Gasteiger partial charge in [0.1, 0.15) is 18.2 Å². The number of aliphatic hydroxyl groups excluding tert-OH is 1. The number of carbonyl (C=O) groups is 4. The average Bonchev–Trinajstić information content (AvgIpc) is 3.68. The van der Waals surface area contributed by atoms with Crippen LogP contribution in [0.3, 0.4) is 0 Å². The first-order chi connectivity index (χ1) is 21.3. The van der Waals surface area contributed by atoms with E-state index in [4.69, 9.17) is 9.47 Å². The predicted molar refractivity (Wildman–Crippen MR) is 165 cm³/mol. The molecule has 1 aromatic rings. The maximum Gasteiger partial charge on any atom is 0.306 e. The van der Waals surface area contributed by atoms with Gasteiger partial charge in [-0.3, -0.25) is 19.2 Å². The van der Waals surface area contributed by atoms with E-state index in [2.05, 4.69) is 18.5 Å².